The van der Waals surface area contributed by atoms with E-state index in [1.165, 1.54) is 7.11 Å². The van der Waals surface area contributed by atoms with Crippen molar-refractivity contribution in [2.45, 2.75) is 33.9 Å². The second-order valence-corrected chi connectivity index (χ2v) is 5.47. The Labute approximate surface area is 136 Å². The summed E-state index contributed by atoms with van der Waals surface area (Å²) in [7, 11) is 1.38. The highest BCUT2D eigenvalue weighted by molar-refractivity contribution is 5.92. The Bertz CT molecular complexity index is 707. The number of hydrogen-bond acceptors (Lipinski definition) is 5. The number of ether oxygens (including phenoxy) is 1. The second-order valence-electron chi connectivity index (χ2n) is 5.47. The van der Waals surface area contributed by atoms with Crippen molar-refractivity contribution in [2.75, 3.05) is 19.0 Å². The van der Waals surface area contributed by atoms with E-state index in [4.69, 9.17) is 9.84 Å². The van der Waals surface area contributed by atoms with Crippen LogP contribution in [-0.4, -0.2) is 34.6 Å². The molecule has 6 nitrogen and oxygen atoms in total. The number of esters is 1. The van der Waals surface area contributed by atoms with Crippen molar-refractivity contribution in [3.63, 3.8) is 0 Å². The largest absolute Gasteiger partial charge is 0.465 e. The highest BCUT2D eigenvalue weighted by Gasteiger charge is 2.13. The zero-order chi connectivity index (χ0) is 17.0. The van der Waals surface area contributed by atoms with Crippen LogP contribution in [0, 0.1) is 20.8 Å². The summed E-state index contributed by atoms with van der Waals surface area (Å²) in [4.78, 5) is 11.8. The predicted octanol–water partition coefficient (Wildman–Crippen LogP) is 2.20. The highest BCUT2D eigenvalue weighted by atomic mass is 16.5. The standard InChI is InChI=1S/C17H23N3O3/c1-11-5-6-14(9-15(11)17(22)23-4)18-10-16-12(2)19-20(7-8-21)13(16)3/h5-6,9,18,21H,7-8,10H2,1-4H3. The van der Waals surface area contributed by atoms with Gasteiger partial charge in [-0.15, -0.1) is 0 Å². The van der Waals surface area contributed by atoms with Crippen LogP contribution in [0.25, 0.3) is 0 Å². The minimum atomic E-state index is -0.339. The lowest BCUT2D eigenvalue weighted by Crippen LogP contribution is -2.08. The average Bonchev–Trinajstić information content (AvgIpc) is 2.80. The van der Waals surface area contributed by atoms with Crippen molar-refractivity contribution >= 4 is 11.7 Å². The lowest BCUT2D eigenvalue weighted by Gasteiger charge is -2.10. The van der Waals surface area contributed by atoms with Crippen LogP contribution >= 0.6 is 0 Å². The van der Waals surface area contributed by atoms with Crippen LogP contribution in [0.4, 0.5) is 5.69 Å². The molecule has 0 unspecified atom stereocenters. The van der Waals surface area contributed by atoms with Crippen molar-refractivity contribution in [3.8, 4) is 0 Å². The molecule has 1 aromatic heterocycles. The summed E-state index contributed by atoms with van der Waals surface area (Å²) in [6.07, 6.45) is 0. The number of aliphatic hydroxyl groups excluding tert-OH is 1. The Hall–Kier alpha value is -2.34. The number of rotatable bonds is 6. The van der Waals surface area contributed by atoms with Gasteiger partial charge >= 0.3 is 5.97 Å². The maximum atomic E-state index is 11.8. The van der Waals surface area contributed by atoms with Gasteiger partial charge in [0.05, 0.1) is 31.5 Å². The minimum Gasteiger partial charge on any atom is -0.465 e. The van der Waals surface area contributed by atoms with Crippen molar-refractivity contribution < 1.29 is 14.6 Å². The van der Waals surface area contributed by atoms with E-state index in [0.29, 0.717) is 18.7 Å². The quantitative estimate of drug-likeness (QED) is 0.799. The molecular weight excluding hydrogens is 294 g/mol. The molecule has 0 bridgehead atoms. The average molecular weight is 317 g/mol. The van der Waals surface area contributed by atoms with Gasteiger partial charge in [0.15, 0.2) is 0 Å². The van der Waals surface area contributed by atoms with Gasteiger partial charge in [-0.25, -0.2) is 4.79 Å². The van der Waals surface area contributed by atoms with E-state index in [1.54, 1.807) is 10.7 Å². The van der Waals surface area contributed by atoms with Gasteiger partial charge in [0.2, 0.25) is 0 Å². The molecule has 124 valence electrons. The number of benzene rings is 1. The summed E-state index contributed by atoms with van der Waals surface area (Å²) >= 11 is 0. The first-order valence-electron chi connectivity index (χ1n) is 7.54. The Morgan fingerprint density at radius 2 is 2.09 bits per heavy atom. The van der Waals surface area contributed by atoms with Crippen molar-refractivity contribution in [3.05, 3.63) is 46.3 Å². The number of anilines is 1. The zero-order valence-corrected chi connectivity index (χ0v) is 14.0. The molecule has 0 saturated carbocycles. The molecule has 0 radical (unpaired) electrons. The number of hydrogen-bond donors (Lipinski definition) is 2. The number of aliphatic hydroxyl groups is 1. The van der Waals surface area contributed by atoms with Gasteiger partial charge in [0.1, 0.15) is 0 Å². The number of carbonyl (C=O) groups is 1. The molecule has 0 aliphatic carbocycles. The molecule has 2 aromatic rings. The van der Waals surface area contributed by atoms with Gasteiger partial charge < -0.3 is 15.2 Å². The molecule has 2 N–H and O–H groups in total. The van der Waals surface area contributed by atoms with Crippen LogP contribution < -0.4 is 5.32 Å². The van der Waals surface area contributed by atoms with E-state index in [9.17, 15) is 4.79 Å². The normalized spacial score (nSPS) is 10.7. The molecule has 0 spiro atoms. The maximum absolute atomic E-state index is 11.8. The van der Waals surface area contributed by atoms with E-state index in [1.807, 2.05) is 32.9 Å². The van der Waals surface area contributed by atoms with Gasteiger partial charge in [-0.2, -0.15) is 5.10 Å². The number of carbonyl (C=O) groups excluding carboxylic acids is 1. The number of methoxy groups -OCH3 is 1. The Balaban J connectivity index is 2.17. The fraction of sp³-hybridized carbons (Fsp3) is 0.412. The predicted molar refractivity (Wildman–Crippen MR) is 88.6 cm³/mol. The van der Waals surface area contributed by atoms with E-state index < -0.39 is 0 Å². The van der Waals surface area contributed by atoms with Gasteiger partial charge in [0.25, 0.3) is 0 Å². The summed E-state index contributed by atoms with van der Waals surface area (Å²) in [5, 5.41) is 16.8. The first-order chi connectivity index (χ1) is 11.0. The van der Waals surface area contributed by atoms with E-state index in [2.05, 4.69) is 10.4 Å². The number of nitrogens with zero attached hydrogens (tertiary/aromatic N) is 2. The molecule has 1 heterocycles. The van der Waals surface area contributed by atoms with Crippen LogP contribution in [-0.2, 0) is 17.8 Å². The molecule has 0 amide bonds. The van der Waals surface area contributed by atoms with Crippen molar-refractivity contribution in [1.82, 2.24) is 9.78 Å². The third-order valence-electron chi connectivity index (χ3n) is 3.96. The molecule has 0 aliphatic heterocycles. The van der Waals surface area contributed by atoms with E-state index in [-0.39, 0.29) is 12.6 Å². The monoisotopic (exact) mass is 317 g/mol. The topological polar surface area (TPSA) is 76.4 Å². The molecule has 6 heteroatoms. The first-order valence-corrected chi connectivity index (χ1v) is 7.54. The summed E-state index contributed by atoms with van der Waals surface area (Å²) in [5.74, 6) is -0.339. The Kier molecular flexibility index (Phi) is 5.39. The molecular formula is C17H23N3O3. The number of aryl methyl sites for hydroxylation is 2. The van der Waals surface area contributed by atoms with Crippen LogP contribution in [0.1, 0.15) is 32.9 Å². The van der Waals surface area contributed by atoms with Crippen LogP contribution in [0.15, 0.2) is 18.2 Å². The highest BCUT2D eigenvalue weighted by Crippen LogP contribution is 2.19. The fourth-order valence-corrected chi connectivity index (χ4v) is 2.55. The first kappa shape index (κ1) is 17.0. The van der Waals surface area contributed by atoms with Crippen LogP contribution in [0.5, 0.6) is 0 Å². The molecule has 23 heavy (non-hydrogen) atoms. The van der Waals surface area contributed by atoms with Crippen LogP contribution in [0.2, 0.25) is 0 Å². The van der Waals surface area contributed by atoms with Gasteiger partial charge in [0, 0.05) is 23.5 Å². The third kappa shape index (κ3) is 3.71. The zero-order valence-electron chi connectivity index (χ0n) is 14.0. The molecule has 0 aliphatic rings. The Morgan fingerprint density at radius 1 is 1.35 bits per heavy atom. The van der Waals surface area contributed by atoms with Crippen molar-refractivity contribution in [1.29, 1.82) is 0 Å². The third-order valence-corrected chi connectivity index (χ3v) is 3.96. The lowest BCUT2D eigenvalue weighted by atomic mass is 10.1. The van der Waals surface area contributed by atoms with Gasteiger partial charge in [-0.3, -0.25) is 4.68 Å². The smallest absolute Gasteiger partial charge is 0.338 e. The molecule has 0 fully saturated rings. The number of aromatic nitrogens is 2. The van der Waals surface area contributed by atoms with Crippen molar-refractivity contribution in [2.24, 2.45) is 0 Å². The second kappa shape index (κ2) is 7.28. The summed E-state index contributed by atoms with van der Waals surface area (Å²) in [6.45, 7) is 6.98. The summed E-state index contributed by atoms with van der Waals surface area (Å²) in [5.41, 5.74) is 5.35. The summed E-state index contributed by atoms with van der Waals surface area (Å²) < 4.78 is 6.61. The molecule has 2 rings (SSSR count). The lowest BCUT2D eigenvalue weighted by molar-refractivity contribution is 0.0600. The summed E-state index contributed by atoms with van der Waals surface area (Å²) in [6, 6.07) is 5.62. The molecule has 0 atom stereocenters. The van der Waals surface area contributed by atoms with Crippen LogP contribution in [0.3, 0.4) is 0 Å². The Morgan fingerprint density at radius 3 is 2.74 bits per heavy atom. The molecule has 0 saturated heterocycles. The SMILES string of the molecule is COC(=O)c1cc(NCc2c(C)nn(CCO)c2C)ccc1C. The fourth-order valence-electron chi connectivity index (χ4n) is 2.55. The van der Waals surface area contributed by atoms with E-state index >= 15 is 0 Å². The molecule has 1 aromatic carbocycles. The maximum Gasteiger partial charge on any atom is 0.338 e. The van der Waals surface area contributed by atoms with Gasteiger partial charge in [-0.1, -0.05) is 6.07 Å². The van der Waals surface area contributed by atoms with Gasteiger partial charge in [-0.05, 0) is 38.5 Å². The van der Waals surface area contributed by atoms with E-state index in [0.717, 1.165) is 28.2 Å². The minimum absolute atomic E-state index is 0.0648. The number of nitrogens with one attached hydrogen (secondary N) is 1.